The summed E-state index contributed by atoms with van der Waals surface area (Å²) in [4.78, 5) is 4.92. The first-order valence-electron chi connectivity index (χ1n) is 3.99. The van der Waals surface area contributed by atoms with Crippen molar-refractivity contribution in [1.29, 1.82) is 0 Å². The Kier molecular flexibility index (Phi) is 3.32. The van der Waals surface area contributed by atoms with Crippen molar-refractivity contribution in [1.82, 2.24) is 5.32 Å². The summed E-state index contributed by atoms with van der Waals surface area (Å²) in [7, 11) is 0. The van der Waals surface area contributed by atoms with Crippen molar-refractivity contribution in [3.05, 3.63) is 0 Å². The van der Waals surface area contributed by atoms with Gasteiger partial charge in [0, 0.05) is 19.5 Å². The second-order valence-electron chi connectivity index (χ2n) is 2.56. The van der Waals surface area contributed by atoms with Crippen LogP contribution in [-0.4, -0.2) is 31.4 Å². The molecule has 1 unspecified atom stereocenters. The third-order valence-electron chi connectivity index (χ3n) is 1.66. The lowest BCUT2D eigenvalue weighted by atomic mass is 10.1. The Morgan fingerprint density at radius 2 is 2.64 bits per heavy atom. The highest BCUT2D eigenvalue weighted by atomic mass is 16.6. The SMILES string of the molecule is CCON=C1CCNCC1N. The van der Waals surface area contributed by atoms with Gasteiger partial charge in [-0.3, -0.25) is 0 Å². The monoisotopic (exact) mass is 157 g/mol. The van der Waals surface area contributed by atoms with Gasteiger partial charge in [0.2, 0.25) is 0 Å². The fourth-order valence-corrected chi connectivity index (χ4v) is 1.04. The van der Waals surface area contributed by atoms with E-state index < -0.39 is 0 Å². The first-order valence-corrected chi connectivity index (χ1v) is 3.99. The number of hydrogen-bond donors (Lipinski definition) is 2. The summed E-state index contributed by atoms with van der Waals surface area (Å²) < 4.78 is 0. The van der Waals surface area contributed by atoms with Crippen LogP contribution >= 0.6 is 0 Å². The first-order chi connectivity index (χ1) is 5.34. The molecule has 1 fully saturated rings. The van der Waals surface area contributed by atoms with Crippen LogP contribution in [0.1, 0.15) is 13.3 Å². The highest BCUT2D eigenvalue weighted by Crippen LogP contribution is 1.97. The topological polar surface area (TPSA) is 59.6 Å². The molecule has 0 spiro atoms. The predicted octanol–water partition coefficient (Wildman–Crippen LogP) is -0.300. The Hall–Kier alpha value is -0.610. The van der Waals surface area contributed by atoms with Crippen LogP contribution in [0.5, 0.6) is 0 Å². The molecule has 4 nitrogen and oxygen atoms in total. The van der Waals surface area contributed by atoms with E-state index in [0.717, 1.165) is 25.2 Å². The zero-order valence-corrected chi connectivity index (χ0v) is 6.84. The summed E-state index contributed by atoms with van der Waals surface area (Å²) in [5, 5.41) is 7.11. The second-order valence-corrected chi connectivity index (χ2v) is 2.56. The molecule has 1 saturated heterocycles. The quantitative estimate of drug-likeness (QED) is 0.541. The van der Waals surface area contributed by atoms with E-state index in [0.29, 0.717) is 6.61 Å². The Morgan fingerprint density at radius 3 is 3.27 bits per heavy atom. The molecule has 1 rings (SSSR count). The molecule has 0 aromatic carbocycles. The average Bonchev–Trinajstić information content (AvgIpc) is 2.03. The smallest absolute Gasteiger partial charge is 0.114 e. The van der Waals surface area contributed by atoms with Crippen LogP contribution in [-0.2, 0) is 4.84 Å². The first kappa shape index (κ1) is 8.49. The summed E-state index contributed by atoms with van der Waals surface area (Å²) in [5.41, 5.74) is 6.72. The molecule has 0 aromatic rings. The van der Waals surface area contributed by atoms with Crippen LogP contribution in [0.15, 0.2) is 5.16 Å². The van der Waals surface area contributed by atoms with Crippen LogP contribution in [0.4, 0.5) is 0 Å². The van der Waals surface area contributed by atoms with Crippen molar-refractivity contribution >= 4 is 5.71 Å². The van der Waals surface area contributed by atoms with Gasteiger partial charge >= 0.3 is 0 Å². The number of nitrogens with zero attached hydrogens (tertiary/aromatic N) is 1. The zero-order chi connectivity index (χ0) is 8.10. The van der Waals surface area contributed by atoms with Crippen molar-refractivity contribution < 1.29 is 4.84 Å². The van der Waals surface area contributed by atoms with E-state index in [1.807, 2.05) is 6.92 Å². The fourth-order valence-electron chi connectivity index (χ4n) is 1.04. The molecule has 1 heterocycles. The molecule has 0 aromatic heterocycles. The van der Waals surface area contributed by atoms with E-state index in [4.69, 9.17) is 10.6 Å². The van der Waals surface area contributed by atoms with Gasteiger partial charge in [-0.1, -0.05) is 5.16 Å². The Morgan fingerprint density at radius 1 is 1.82 bits per heavy atom. The molecular formula is C7H15N3O. The molecule has 0 radical (unpaired) electrons. The molecule has 11 heavy (non-hydrogen) atoms. The van der Waals surface area contributed by atoms with E-state index in [-0.39, 0.29) is 6.04 Å². The molecule has 0 bridgehead atoms. The predicted molar refractivity (Wildman–Crippen MR) is 44.5 cm³/mol. The highest BCUT2D eigenvalue weighted by molar-refractivity contribution is 5.90. The van der Waals surface area contributed by atoms with Crippen molar-refractivity contribution in [2.45, 2.75) is 19.4 Å². The van der Waals surface area contributed by atoms with Crippen molar-refractivity contribution in [2.24, 2.45) is 10.9 Å². The number of piperidine rings is 1. The number of rotatable bonds is 2. The summed E-state index contributed by atoms with van der Waals surface area (Å²) in [6.07, 6.45) is 0.904. The summed E-state index contributed by atoms with van der Waals surface area (Å²) in [5.74, 6) is 0. The molecule has 1 atom stereocenters. The van der Waals surface area contributed by atoms with Gasteiger partial charge in [-0.2, -0.15) is 0 Å². The van der Waals surface area contributed by atoms with Crippen molar-refractivity contribution in [3.63, 3.8) is 0 Å². The minimum absolute atomic E-state index is 0.0373. The average molecular weight is 157 g/mol. The molecule has 0 aliphatic carbocycles. The summed E-state index contributed by atoms with van der Waals surface area (Å²) in [6, 6.07) is 0.0373. The number of hydrogen-bond acceptors (Lipinski definition) is 4. The minimum atomic E-state index is 0.0373. The molecule has 4 heteroatoms. The van der Waals surface area contributed by atoms with Crippen LogP contribution in [0, 0.1) is 0 Å². The maximum Gasteiger partial charge on any atom is 0.114 e. The summed E-state index contributed by atoms with van der Waals surface area (Å²) in [6.45, 7) is 4.30. The van der Waals surface area contributed by atoms with Crippen LogP contribution in [0.3, 0.4) is 0 Å². The number of oxime groups is 1. The van der Waals surface area contributed by atoms with E-state index >= 15 is 0 Å². The lowest BCUT2D eigenvalue weighted by molar-refractivity contribution is 0.156. The Labute approximate surface area is 66.8 Å². The number of nitrogens with one attached hydrogen (secondary N) is 1. The van der Waals surface area contributed by atoms with E-state index in [1.54, 1.807) is 0 Å². The van der Waals surface area contributed by atoms with Crippen LogP contribution < -0.4 is 11.1 Å². The largest absolute Gasteiger partial charge is 0.396 e. The van der Waals surface area contributed by atoms with E-state index in [1.165, 1.54) is 0 Å². The van der Waals surface area contributed by atoms with Crippen LogP contribution in [0.25, 0.3) is 0 Å². The second kappa shape index (κ2) is 4.31. The lowest BCUT2D eigenvalue weighted by Gasteiger charge is -2.20. The molecule has 1 aliphatic rings. The molecule has 3 N–H and O–H groups in total. The van der Waals surface area contributed by atoms with E-state index in [2.05, 4.69) is 10.5 Å². The van der Waals surface area contributed by atoms with Gasteiger partial charge in [0.1, 0.15) is 6.61 Å². The highest BCUT2D eigenvalue weighted by Gasteiger charge is 2.15. The Bertz CT molecular complexity index is 147. The van der Waals surface area contributed by atoms with Gasteiger partial charge in [0.15, 0.2) is 0 Å². The minimum Gasteiger partial charge on any atom is -0.396 e. The molecule has 64 valence electrons. The maximum atomic E-state index is 5.75. The fraction of sp³-hybridized carbons (Fsp3) is 0.857. The third kappa shape index (κ3) is 2.48. The maximum absolute atomic E-state index is 5.75. The molecule has 0 saturated carbocycles. The van der Waals surface area contributed by atoms with Gasteiger partial charge in [0.05, 0.1) is 11.8 Å². The van der Waals surface area contributed by atoms with Gasteiger partial charge in [-0.25, -0.2) is 0 Å². The zero-order valence-electron chi connectivity index (χ0n) is 6.84. The van der Waals surface area contributed by atoms with E-state index in [9.17, 15) is 0 Å². The lowest BCUT2D eigenvalue weighted by Crippen LogP contribution is -2.46. The van der Waals surface area contributed by atoms with Gasteiger partial charge in [-0.05, 0) is 6.92 Å². The molecule has 1 aliphatic heterocycles. The molecule has 0 amide bonds. The van der Waals surface area contributed by atoms with Gasteiger partial charge < -0.3 is 15.9 Å². The Balaban J connectivity index is 2.40. The van der Waals surface area contributed by atoms with Crippen LogP contribution in [0.2, 0.25) is 0 Å². The van der Waals surface area contributed by atoms with Gasteiger partial charge in [0.25, 0.3) is 0 Å². The van der Waals surface area contributed by atoms with Gasteiger partial charge in [-0.15, -0.1) is 0 Å². The van der Waals surface area contributed by atoms with Crippen molar-refractivity contribution in [2.75, 3.05) is 19.7 Å². The summed E-state index contributed by atoms with van der Waals surface area (Å²) >= 11 is 0. The normalized spacial score (nSPS) is 28.9. The molecular weight excluding hydrogens is 142 g/mol. The standard InChI is InChI=1S/C7H15N3O/c1-2-11-10-7-3-4-9-5-6(7)8/h6,9H,2-5,8H2,1H3. The third-order valence-corrected chi connectivity index (χ3v) is 1.66. The number of nitrogens with two attached hydrogens (primary N) is 1. The van der Waals surface area contributed by atoms with Crippen molar-refractivity contribution in [3.8, 4) is 0 Å².